The Balaban J connectivity index is 1.42. The first-order valence-electron chi connectivity index (χ1n) is 9.27. The minimum atomic E-state index is -0.294. The number of hydrogen-bond donors (Lipinski definition) is 2. The Bertz CT molecular complexity index is 995. The van der Waals surface area contributed by atoms with Gasteiger partial charge in [0, 0.05) is 25.2 Å². The van der Waals surface area contributed by atoms with Gasteiger partial charge in [-0.3, -0.25) is 4.79 Å². The number of aromatic amines is 1. The second kappa shape index (κ2) is 7.55. The number of fused-ring (bicyclic) bond motifs is 1. The molecule has 2 aromatic carbocycles. The number of rotatable bonds is 4. The summed E-state index contributed by atoms with van der Waals surface area (Å²) in [5.74, 6) is -0.540. The SMILES string of the molecule is CC1CN(c2ccc(CNC(=O)c3ccc4n[nH]nc4c3)cc2F)CC(C)O1. The average Bonchev–Trinajstić information content (AvgIpc) is 3.13. The molecule has 1 amide bonds. The van der Waals surface area contributed by atoms with Crippen LogP contribution in [0, 0.1) is 5.82 Å². The van der Waals surface area contributed by atoms with Crippen molar-refractivity contribution in [1.29, 1.82) is 0 Å². The van der Waals surface area contributed by atoms with Crippen molar-refractivity contribution in [2.45, 2.75) is 32.6 Å². The lowest BCUT2D eigenvalue weighted by molar-refractivity contribution is -0.00539. The molecule has 146 valence electrons. The summed E-state index contributed by atoms with van der Waals surface area (Å²) in [5, 5.41) is 13.3. The van der Waals surface area contributed by atoms with Crippen molar-refractivity contribution in [2.24, 2.45) is 0 Å². The smallest absolute Gasteiger partial charge is 0.251 e. The second-order valence-electron chi connectivity index (χ2n) is 7.16. The number of benzene rings is 2. The van der Waals surface area contributed by atoms with Crippen LogP contribution in [-0.4, -0.2) is 46.6 Å². The summed E-state index contributed by atoms with van der Waals surface area (Å²) in [5.41, 5.74) is 3.06. The highest BCUT2D eigenvalue weighted by Gasteiger charge is 2.24. The number of carbonyl (C=O) groups excluding carboxylic acids is 1. The van der Waals surface area contributed by atoms with E-state index in [0.717, 1.165) is 0 Å². The van der Waals surface area contributed by atoms with Crippen molar-refractivity contribution in [2.75, 3.05) is 18.0 Å². The number of anilines is 1. The van der Waals surface area contributed by atoms with Crippen LogP contribution in [0.3, 0.4) is 0 Å². The van der Waals surface area contributed by atoms with Crippen LogP contribution in [-0.2, 0) is 11.3 Å². The van der Waals surface area contributed by atoms with Crippen LogP contribution < -0.4 is 10.2 Å². The van der Waals surface area contributed by atoms with E-state index in [0.29, 0.717) is 40.9 Å². The molecule has 0 bridgehead atoms. The number of halogens is 1. The van der Waals surface area contributed by atoms with E-state index < -0.39 is 0 Å². The summed E-state index contributed by atoms with van der Waals surface area (Å²) in [6, 6.07) is 10.2. The predicted molar refractivity (Wildman–Crippen MR) is 104 cm³/mol. The maximum Gasteiger partial charge on any atom is 0.251 e. The lowest BCUT2D eigenvalue weighted by Crippen LogP contribution is -2.45. The van der Waals surface area contributed by atoms with Crippen LogP contribution in [0.25, 0.3) is 11.0 Å². The van der Waals surface area contributed by atoms with Crippen LogP contribution in [0.1, 0.15) is 29.8 Å². The second-order valence-corrected chi connectivity index (χ2v) is 7.16. The summed E-state index contributed by atoms with van der Waals surface area (Å²) < 4.78 is 20.4. The van der Waals surface area contributed by atoms with Gasteiger partial charge >= 0.3 is 0 Å². The first-order valence-corrected chi connectivity index (χ1v) is 9.27. The van der Waals surface area contributed by atoms with E-state index in [2.05, 4.69) is 20.7 Å². The summed E-state index contributed by atoms with van der Waals surface area (Å²) in [6.45, 7) is 5.52. The molecule has 2 heterocycles. The van der Waals surface area contributed by atoms with Gasteiger partial charge in [-0.05, 0) is 49.7 Å². The van der Waals surface area contributed by atoms with Crippen molar-refractivity contribution in [3.63, 3.8) is 0 Å². The van der Waals surface area contributed by atoms with Crippen molar-refractivity contribution < 1.29 is 13.9 Å². The molecule has 0 spiro atoms. The Morgan fingerprint density at radius 1 is 1.18 bits per heavy atom. The molecule has 8 heteroatoms. The van der Waals surface area contributed by atoms with E-state index in [1.165, 1.54) is 6.07 Å². The third-order valence-corrected chi connectivity index (χ3v) is 4.80. The molecule has 1 saturated heterocycles. The molecule has 2 atom stereocenters. The normalized spacial score (nSPS) is 19.8. The fraction of sp³-hybridized carbons (Fsp3) is 0.350. The zero-order chi connectivity index (χ0) is 19.7. The summed E-state index contributed by atoms with van der Waals surface area (Å²) >= 11 is 0. The number of carbonyl (C=O) groups is 1. The Hall–Kier alpha value is -3.00. The lowest BCUT2D eigenvalue weighted by atomic mass is 10.1. The molecule has 7 nitrogen and oxygen atoms in total. The number of morpholine rings is 1. The van der Waals surface area contributed by atoms with Gasteiger partial charge in [0.25, 0.3) is 5.91 Å². The number of ether oxygens (including phenoxy) is 1. The summed E-state index contributed by atoms with van der Waals surface area (Å²) in [4.78, 5) is 14.4. The van der Waals surface area contributed by atoms with Gasteiger partial charge in [0.2, 0.25) is 0 Å². The van der Waals surface area contributed by atoms with Gasteiger partial charge in [-0.1, -0.05) is 6.07 Å². The molecule has 28 heavy (non-hydrogen) atoms. The molecule has 1 aliphatic heterocycles. The highest BCUT2D eigenvalue weighted by Crippen LogP contribution is 2.24. The van der Waals surface area contributed by atoms with Gasteiger partial charge in [-0.15, -0.1) is 0 Å². The van der Waals surface area contributed by atoms with Crippen LogP contribution >= 0.6 is 0 Å². The molecule has 0 aliphatic carbocycles. The zero-order valence-corrected chi connectivity index (χ0v) is 15.8. The first-order chi connectivity index (χ1) is 13.5. The third kappa shape index (κ3) is 3.82. The highest BCUT2D eigenvalue weighted by atomic mass is 19.1. The predicted octanol–water partition coefficient (Wildman–Crippen LogP) is 2.64. The van der Waals surface area contributed by atoms with Gasteiger partial charge in [-0.25, -0.2) is 4.39 Å². The molecule has 3 aromatic rings. The average molecular weight is 383 g/mol. The van der Waals surface area contributed by atoms with E-state index in [1.54, 1.807) is 24.3 Å². The highest BCUT2D eigenvalue weighted by molar-refractivity contribution is 5.97. The van der Waals surface area contributed by atoms with E-state index >= 15 is 0 Å². The van der Waals surface area contributed by atoms with Crippen molar-refractivity contribution in [1.82, 2.24) is 20.7 Å². The number of H-pyrrole nitrogens is 1. The monoisotopic (exact) mass is 383 g/mol. The Morgan fingerprint density at radius 2 is 1.93 bits per heavy atom. The molecule has 1 fully saturated rings. The maximum absolute atomic E-state index is 14.7. The fourth-order valence-corrected chi connectivity index (χ4v) is 3.56. The number of nitrogens with one attached hydrogen (secondary N) is 2. The van der Waals surface area contributed by atoms with Crippen LogP contribution in [0.5, 0.6) is 0 Å². The fourth-order valence-electron chi connectivity index (χ4n) is 3.56. The molecule has 4 rings (SSSR count). The summed E-state index contributed by atoms with van der Waals surface area (Å²) in [7, 11) is 0. The molecule has 2 unspecified atom stereocenters. The van der Waals surface area contributed by atoms with Crippen molar-refractivity contribution in [3.8, 4) is 0 Å². The Kier molecular flexibility index (Phi) is 4.95. The van der Waals surface area contributed by atoms with Gasteiger partial charge in [-0.2, -0.15) is 15.4 Å². The lowest BCUT2D eigenvalue weighted by Gasteiger charge is -2.37. The van der Waals surface area contributed by atoms with E-state index in [4.69, 9.17) is 4.74 Å². The molecular weight excluding hydrogens is 361 g/mol. The quantitative estimate of drug-likeness (QED) is 0.724. The van der Waals surface area contributed by atoms with Crippen LogP contribution in [0.4, 0.5) is 10.1 Å². The van der Waals surface area contributed by atoms with E-state index in [9.17, 15) is 9.18 Å². The van der Waals surface area contributed by atoms with E-state index in [1.807, 2.05) is 24.8 Å². The minimum Gasteiger partial charge on any atom is -0.372 e. The number of amides is 1. The molecule has 1 aromatic heterocycles. The van der Waals surface area contributed by atoms with E-state index in [-0.39, 0.29) is 30.5 Å². The molecule has 1 aliphatic rings. The first kappa shape index (κ1) is 18.4. The van der Waals surface area contributed by atoms with Crippen molar-refractivity contribution >= 4 is 22.6 Å². The maximum atomic E-state index is 14.7. The molecule has 0 saturated carbocycles. The summed E-state index contributed by atoms with van der Waals surface area (Å²) in [6.07, 6.45) is 0.119. The standard InChI is InChI=1S/C20H22FN5O2/c1-12-10-26(11-13(2)28-12)19-6-3-14(7-16(19)21)9-22-20(27)15-4-5-17-18(8-15)24-25-23-17/h3-8,12-13H,9-11H2,1-2H3,(H,22,27)(H,23,24,25). The van der Waals surface area contributed by atoms with Crippen LogP contribution in [0.15, 0.2) is 36.4 Å². The Labute approximate surface area is 161 Å². The molecule has 0 radical (unpaired) electrons. The number of hydrogen-bond acceptors (Lipinski definition) is 5. The van der Waals surface area contributed by atoms with Gasteiger partial charge in [0.1, 0.15) is 16.9 Å². The van der Waals surface area contributed by atoms with Gasteiger partial charge < -0.3 is 15.0 Å². The molecular formula is C20H22FN5O2. The number of aromatic nitrogens is 3. The molecule has 2 N–H and O–H groups in total. The number of nitrogens with zero attached hydrogens (tertiary/aromatic N) is 3. The zero-order valence-electron chi connectivity index (χ0n) is 15.8. The van der Waals surface area contributed by atoms with Crippen LogP contribution in [0.2, 0.25) is 0 Å². The van der Waals surface area contributed by atoms with Gasteiger partial charge in [0.15, 0.2) is 0 Å². The third-order valence-electron chi connectivity index (χ3n) is 4.80. The topological polar surface area (TPSA) is 83.1 Å². The minimum absolute atomic E-state index is 0.0594. The Morgan fingerprint density at radius 3 is 2.68 bits per heavy atom. The largest absolute Gasteiger partial charge is 0.372 e. The van der Waals surface area contributed by atoms with Crippen molar-refractivity contribution in [3.05, 3.63) is 53.3 Å². The van der Waals surface area contributed by atoms with Gasteiger partial charge in [0.05, 0.1) is 17.9 Å².